The van der Waals surface area contributed by atoms with Gasteiger partial charge in [0.2, 0.25) is 0 Å². The Morgan fingerprint density at radius 3 is 2.93 bits per heavy atom. The first-order valence-electron chi connectivity index (χ1n) is 5.42. The Morgan fingerprint density at radius 2 is 2.33 bits per heavy atom. The maximum Gasteiger partial charge on any atom is 0.0543 e. The lowest BCUT2D eigenvalue weighted by Gasteiger charge is -2.19. The molecule has 2 heteroatoms. The third kappa shape index (κ3) is 4.62. The summed E-state index contributed by atoms with van der Waals surface area (Å²) in [5, 5.41) is 0. The van der Waals surface area contributed by atoms with Gasteiger partial charge in [-0.2, -0.15) is 0 Å². The average molecular weight is 202 g/mol. The molecule has 0 aliphatic heterocycles. The Kier molecular flexibility index (Phi) is 5.50. The van der Waals surface area contributed by atoms with Crippen molar-refractivity contribution in [2.45, 2.75) is 26.3 Å². The zero-order valence-corrected chi connectivity index (χ0v) is 9.32. The Balaban J connectivity index is 2.37. The second-order valence-corrected chi connectivity index (χ2v) is 3.50. The van der Waals surface area contributed by atoms with Crippen LogP contribution < -0.4 is 0 Å². The fourth-order valence-corrected chi connectivity index (χ4v) is 1.47. The van der Waals surface area contributed by atoms with Crippen molar-refractivity contribution in [3.05, 3.63) is 30.1 Å². The minimum absolute atomic E-state index is 0.860. The lowest BCUT2D eigenvalue weighted by molar-refractivity contribution is 0.274. The van der Waals surface area contributed by atoms with Gasteiger partial charge in [-0.05, 0) is 31.6 Å². The summed E-state index contributed by atoms with van der Waals surface area (Å²) in [5.74, 6) is 2.67. The number of aromatic nitrogens is 1. The SMILES string of the molecule is C#CCCCN(CC)Cc1ccccn1. The van der Waals surface area contributed by atoms with Crippen molar-refractivity contribution < 1.29 is 0 Å². The van der Waals surface area contributed by atoms with Crippen LogP contribution in [0.1, 0.15) is 25.5 Å². The number of hydrogen-bond donors (Lipinski definition) is 0. The molecular weight excluding hydrogens is 184 g/mol. The van der Waals surface area contributed by atoms with E-state index in [0.29, 0.717) is 0 Å². The predicted octanol–water partition coefficient (Wildman–Crippen LogP) is 2.32. The molecule has 0 spiro atoms. The van der Waals surface area contributed by atoms with E-state index in [0.717, 1.165) is 38.2 Å². The van der Waals surface area contributed by atoms with Crippen molar-refractivity contribution in [1.82, 2.24) is 9.88 Å². The fourth-order valence-electron chi connectivity index (χ4n) is 1.47. The first-order chi connectivity index (χ1) is 7.36. The molecule has 0 N–H and O–H groups in total. The van der Waals surface area contributed by atoms with Crippen LogP contribution in [0, 0.1) is 12.3 Å². The maximum absolute atomic E-state index is 5.23. The summed E-state index contributed by atoms with van der Waals surface area (Å²) in [4.78, 5) is 6.67. The van der Waals surface area contributed by atoms with E-state index in [9.17, 15) is 0 Å². The Hall–Kier alpha value is -1.33. The third-order valence-electron chi connectivity index (χ3n) is 2.35. The minimum atomic E-state index is 0.860. The van der Waals surface area contributed by atoms with Gasteiger partial charge < -0.3 is 0 Å². The molecule has 0 bridgehead atoms. The second kappa shape index (κ2) is 7.03. The summed E-state index contributed by atoms with van der Waals surface area (Å²) in [6.45, 7) is 5.18. The number of pyridine rings is 1. The first kappa shape index (κ1) is 11.7. The maximum atomic E-state index is 5.23. The molecule has 1 aromatic rings. The molecule has 0 aromatic carbocycles. The average Bonchev–Trinajstić information content (AvgIpc) is 2.29. The molecule has 0 radical (unpaired) electrons. The van der Waals surface area contributed by atoms with E-state index in [1.807, 2.05) is 18.3 Å². The number of rotatable bonds is 6. The number of nitrogens with zero attached hydrogens (tertiary/aromatic N) is 2. The van der Waals surface area contributed by atoms with Crippen LogP contribution in [0.4, 0.5) is 0 Å². The normalized spacial score (nSPS) is 10.2. The van der Waals surface area contributed by atoms with Gasteiger partial charge in [-0.25, -0.2) is 0 Å². The summed E-state index contributed by atoms with van der Waals surface area (Å²) in [5.41, 5.74) is 1.13. The van der Waals surface area contributed by atoms with Crippen molar-refractivity contribution in [3.63, 3.8) is 0 Å². The molecule has 80 valence electrons. The molecule has 15 heavy (non-hydrogen) atoms. The van der Waals surface area contributed by atoms with Crippen LogP contribution in [0.2, 0.25) is 0 Å². The molecular formula is C13H18N2. The van der Waals surface area contributed by atoms with Gasteiger partial charge in [-0.15, -0.1) is 12.3 Å². The Labute approximate surface area is 92.3 Å². The third-order valence-corrected chi connectivity index (χ3v) is 2.35. The lowest BCUT2D eigenvalue weighted by atomic mass is 10.2. The molecule has 0 amide bonds. The van der Waals surface area contributed by atoms with Crippen molar-refractivity contribution in [1.29, 1.82) is 0 Å². The van der Waals surface area contributed by atoms with E-state index >= 15 is 0 Å². The molecule has 0 atom stereocenters. The van der Waals surface area contributed by atoms with Gasteiger partial charge in [0.05, 0.1) is 5.69 Å². The summed E-state index contributed by atoms with van der Waals surface area (Å²) < 4.78 is 0. The topological polar surface area (TPSA) is 16.1 Å². The van der Waals surface area contributed by atoms with Gasteiger partial charge in [-0.3, -0.25) is 9.88 Å². The highest BCUT2D eigenvalue weighted by Crippen LogP contribution is 2.02. The van der Waals surface area contributed by atoms with Gasteiger partial charge in [0.15, 0.2) is 0 Å². The van der Waals surface area contributed by atoms with Crippen molar-refractivity contribution >= 4 is 0 Å². The van der Waals surface area contributed by atoms with Gasteiger partial charge in [0, 0.05) is 19.2 Å². The highest BCUT2D eigenvalue weighted by Gasteiger charge is 2.03. The van der Waals surface area contributed by atoms with E-state index in [1.165, 1.54) is 0 Å². The lowest BCUT2D eigenvalue weighted by Crippen LogP contribution is -2.24. The highest BCUT2D eigenvalue weighted by atomic mass is 15.1. The van der Waals surface area contributed by atoms with Gasteiger partial charge in [-0.1, -0.05) is 13.0 Å². The Bertz CT molecular complexity index is 300. The predicted molar refractivity (Wildman–Crippen MR) is 63.3 cm³/mol. The highest BCUT2D eigenvalue weighted by molar-refractivity contribution is 5.03. The number of hydrogen-bond acceptors (Lipinski definition) is 2. The van der Waals surface area contributed by atoms with E-state index < -0.39 is 0 Å². The summed E-state index contributed by atoms with van der Waals surface area (Å²) >= 11 is 0. The number of unbranched alkanes of at least 4 members (excludes halogenated alkanes) is 1. The zero-order valence-electron chi connectivity index (χ0n) is 9.32. The van der Waals surface area contributed by atoms with Gasteiger partial charge in [0.1, 0.15) is 0 Å². The van der Waals surface area contributed by atoms with Crippen LogP contribution in [-0.4, -0.2) is 23.0 Å². The van der Waals surface area contributed by atoms with Crippen LogP contribution in [0.25, 0.3) is 0 Å². The molecule has 0 unspecified atom stereocenters. The van der Waals surface area contributed by atoms with Crippen molar-refractivity contribution in [2.24, 2.45) is 0 Å². The molecule has 0 fully saturated rings. The standard InChI is InChI=1S/C13H18N2/c1-3-5-8-11-15(4-2)12-13-9-6-7-10-14-13/h1,6-7,9-10H,4-5,8,11-12H2,2H3. The van der Waals surface area contributed by atoms with Crippen LogP contribution in [0.5, 0.6) is 0 Å². The first-order valence-corrected chi connectivity index (χ1v) is 5.42. The summed E-state index contributed by atoms with van der Waals surface area (Å²) in [7, 11) is 0. The Morgan fingerprint density at radius 1 is 1.47 bits per heavy atom. The quantitative estimate of drug-likeness (QED) is 0.520. The van der Waals surface area contributed by atoms with Crippen LogP contribution >= 0.6 is 0 Å². The largest absolute Gasteiger partial charge is 0.298 e. The van der Waals surface area contributed by atoms with E-state index in [-0.39, 0.29) is 0 Å². The molecule has 1 aromatic heterocycles. The molecule has 0 aliphatic carbocycles. The molecule has 0 aliphatic rings. The van der Waals surface area contributed by atoms with Crippen LogP contribution in [0.15, 0.2) is 24.4 Å². The smallest absolute Gasteiger partial charge is 0.0543 e. The van der Waals surface area contributed by atoms with Crippen molar-refractivity contribution in [3.8, 4) is 12.3 Å². The second-order valence-electron chi connectivity index (χ2n) is 3.50. The monoisotopic (exact) mass is 202 g/mol. The number of terminal acetylenes is 1. The van der Waals surface area contributed by atoms with E-state index in [1.54, 1.807) is 0 Å². The molecule has 2 nitrogen and oxygen atoms in total. The minimum Gasteiger partial charge on any atom is -0.298 e. The molecule has 1 heterocycles. The molecule has 0 saturated heterocycles. The molecule has 1 rings (SSSR count). The van der Waals surface area contributed by atoms with Crippen molar-refractivity contribution in [2.75, 3.05) is 13.1 Å². The van der Waals surface area contributed by atoms with Gasteiger partial charge >= 0.3 is 0 Å². The van der Waals surface area contributed by atoms with Crippen LogP contribution in [-0.2, 0) is 6.54 Å². The zero-order chi connectivity index (χ0) is 10.9. The summed E-state index contributed by atoms with van der Waals surface area (Å²) in [6.07, 6.45) is 8.99. The van der Waals surface area contributed by atoms with E-state index in [2.05, 4.69) is 28.8 Å². The summed E-state index contributed by atoms with van der Waals surface area (Å²) in [6, 6.07) is 6.03. The van der Waals surface area contributed by atoms with Gasteiger partial charge in [0.25, 0.3) is 0 Å². The molecule has 0 saturated carbocycles. The van der Waals surface area contributed by atoms with E-state index in [4.69, 9.17) is 6.42 Å². The fraction of sp³-hybridized carbons (Fsp3) is 0.462. The van der Waals surface area contributed by atoms with Crippen LogP contribution in [0.3, 0.4) is 0 Å².